The van der Waals surface area contributed by atoms with Gasteiger partial charge in [-0.05, 0) is 64.2 Å². The third-order valence-electron chi connectivity index (χ3n) is 9.66. The van der Waals surface area contributed by atoms with Crippen LogP contribution in [0.3, 0.4) is 0 Å². The second kappa shape index (κ2) is 35.7. The first-order valence-electron chi connectivity index (χ1n) is 21.7. The average molecular weight is 757 g/mol. The van der Waals surface area contributed by atoms with E-state index in [1.54, 1.807) is 0 Å². The zero-order valence-electron chi connectivity index (χ0n) is 34.8. The summed E-state index contributed by atoms with van der Waals surface area (Å²) >= 11 is 0. The van der Waals surface area contributed by atoms with E-state index in [9.17, 15) is 19.4 Å². The van der Waals surface area contributed by atoms with Crippen molar-refractivity contribution in [3.05, 3.63) is 24.3 Å². The fourth-order valence-corrected chi connectivity index (χ4v) is 6.87. The Hall–Kier alpha value is -1.02. The van der Waals surface area contributed by atoms with Crippen LogP contribution < -0.4 is 10.2 Å². The van der Waals surface area contributed by atoms with Gasteiger partial charge in [-0.25, -0.2) is 0 Å². The molecular weight excluding hydrogens is 671 g/mol. The minimum Gasteiger partial charge on any atom is -0.756 e. The van der Waals surface area contributed by atoms with Crippen LogP contribution >= 0.6 is 7.82 Å². The summed E-state index contributed by atoms with van der Waals surface area (Å²) in [6.07, 6.45) is 40.3. The molecule has 0 aliphatic heterocycles. The number of hydrogen-bond donors (Lipinski definition) is 2. The van der Waals surface area contributed by atoms with Crippen molar-refractivity contribution in [1.29, 1.82) is 0 Å². The van der Waals surface area contributed by atoms with Crippen molar-refractivity contribution in [3.8, 4) is 0 Å². The van der Waals surface area contributed by atoms with Crippen LogP contribution in [0.5, 0.6) is 0 Å². The Kier molecular flexibility index (Phi) is 35.0. The monoisotopic (exact) mass is 757 g/mol. The number of likely N-dealkylation sites (N-methyl/N-ethyl adjacent to an activating group) is 1. The summed E-state index contributed by atoms with van der Waals surface area (Å²) in [4.78, 5) is 25.3. The number of allylic oxidation sites excluding steroid dienone is 4. The van der Waals surface area contributed by atoms with Crippen LogP contribution in [0.25, 0.3) is 0 Å². The SMILES string of the molecule is CCCCCCCC/C=C/CCCCCCCC(=O)N[C@@H](COP(=O)([O-])OCC[N+](C)(C)C)[C@H](O)CCCC/C=C/CCCCCCCCCCC. The molecule has 8 nitrogen and oxygen atoms in total. The van der Waals surface area contributed by atoms with E-state index in [2.05, 4.69) is 43.5 Å². The number of carbonyl (C=O) groups is 1. The van der Waals surface area contributed by atoms with Crippen molar-refractivity contribution in [2.45, 2.75) is 206 Å². The van der Waals surface area contributed by atoms with E-state index in [-0.39, 0.29) is 19.1 Å². The lowest BCUT2D eigenvalue weighted by molar-refractivity contribution is -0.870. The number of aliphatic hydroxyl groups is 1. The Bertz CT molecular complexity index is 907. The minimum atomic E-state index is -4.57. The molecule has 3 atom stereocenters. The van der Waals surface area contributed by atoms with Crippen molar-refractivity contribution in [2.75, 3.05) is 40.9 Å². The number of amides is 1. The molecule has 0 aliphatic rings. The van der Waals surface area contributed by atoms with Crippen molar-refractivity contribution in [2.24, 2.45) is 0 Å². The van der Waals surface area contributed by atoms with Gasteiger partial charge < -0.3 is 28.8 Å². The molecule has 0 aromatic rings. The van der Waals surface area contributed by atoms with Crippen molar-refractivity contribution >= 4 is 13.7 Å². The molecule has 0 fully saturated rings. The molecule has 0 heterocycles. The Morgan fingerprint density at radius 2 is 1.06 bits per heavy atom. The number of nitrogens with zero attached hydrogens (tertiary/aromatic N) is 1. The third kappa shape index (κ3) is 37.3. The van der Waals surface area contributed by atoms with E-state index in [0.717, 1.165) is 57.8 Å². The van der Waals surface area contributed by atoms with Crippen LogP contribution in [0.2, 0.25) is 0 Å². The van der Waals surface area contributed by atoms with Gasteiger partial charge in [-0.15, -0.1) is 0 Å². The van der Waals surface area contributed by atoms with Gasteiger partial charge in [0.2, 0.25) is 5.91 Å². The van der Waals surface area contributed by atoms with Crippen LogP contribution in [-0.2, 0) is 18.4 Å². The smallest absolute Gasteiger partial charge is 0.268 e. The highest BCUT2D eigenvalue weighted by Crippen LogP contribution is 2.38. The molecule has 308 valence electrons. The molecule has 0 aromatic heterocycles. The van der Waals surface area contributed by atoms with Gasteiger partial charge in [-0.2, -0.15) is 0 Å². The Balaban J connectivity index is 4.45. The second-order valence-corrected chi connectivity index (χ2v) is 17.4. The van der Waals surface area contributed by atoms with Crippen molar-refractivity contribution < 1.29 is 32.9 Å². The lowest BCUT2D eigenvalue weighted by atomic mass is 10.0. The average Bonchev–Trinajstić information content (AvgIpc) is 3.09. The van der Waals surface area contributed by atoms with E-state index < -0.39 is 20.0 Å². The molecule has 0 spiro atoms. The molecule has 2 N–H and O–H groups in total. The number of quaternary nitrogens is 1. The van der Waals surface area contributed by atoms with E-state index in [4.69, 9.17) is 9.05 Å². The molecule has 52 heavy (non-hydrogen) atoms. The van der Waals surface area contributed by atoms with Gasteiger partial charge in [0.25, 0.3) is 7.82 Å². The lowest BCUT2D eigenvalue weighted by Crippen LogP contribution is -2.46. The fourth-order valence-electron chi connectivity index (χ4n) is 6.14. The van der Waals surface area contributed by atoms with Crippen LogP contribution in [0.15, 0.2) is 24.3 Å². The number of phosphoric acid groups is 1. The zero-order chi connectivity index (χ0) is 38.6. The molecular formula is C43H85N2O6P. The molecule has 0 saturated carbocycles. The van der Waals surface area contributed by atoms with Gasteiger partial charge in [0, 0.05) is 6.42 Å². The van der Waals surface area contributed by atoms with E-state index in [1.165, 1.54) is 109 Å². The summed E-state index contributed by atoms with van der Waals surface area (Å²) < 4.78 is 23.2. The summed E-state index contributed by atoms with van der Waals surface area (Å²) in [6, 6.07) is -0.818. The number of nitrogens with one attached hydrogen (secondary N) is 1. The summed E-state index contributed by atoms with van der Waals surface area (Å²) in [6.45, 7) is 4.68. The summed E-state index contributed by atoms with van der Waals surface area (Å²) in [5, 5.41) is 13.9. The Morgan fingerprint density at radius 1 is 0.654 bits per heavy atom. The molecule has 0 aromatic carbocycles. The molecule has 0 saturated heterocycles. The molecule has 1 amide bonds. The standard InChI is InChI=1S/C43H85N2O6P/c1-6-8-10-12-14-16-18-20-22-24-26-28-30-32-34-36-42(46)41(40-51-52(48,49)50-39-38-45(3,4)5)44-43(47)37-35-33-31-29-27-25-23-21-19-17-15-13-11-9-7-2/h21,23,26,28,41-42,46H,6-20,22,24-25,27,29-40H2,1-5H3,(H-,44,47,48,49)/b23-21+,28-26+/t41-,42+/m0/s1. The molecule has 0 radical (unpaired) electrons. The van der Waals surface area contributed by atoms with Gasteiger partial charge in [0.15, 0.2) is 0 Å². The first kappa shape index (κ1) is 51.0. The maximum Gasteiger partial charge on any atom is 0.268 e. The van der Waals surface area contributed by atoms with Gasteiger partial charge in [0.05, 0.1) is 39.9 Å². The van der Waals surface area contributed by atoms with Crippen LogP contribution in [0, 0.1) is 0 Å². The molecule has 1 unspecified atom stereocenters. The molecule has 0 aliphatic carbocycles. The van der Waals surface area contributed by atoms with Gasteiger partial charge >= 0.3 is 0 Å². The molecule has 9 heteroatoms. The highest BCUT2D eigenvalue weighted by atomic mass is 31.2. The largest absolute Gasteiger partial charge is 0.756 e. The zero-order valence-corrected chi connectivity index (χ0v) is 35.7. The minimum absolute atomic E-state index is 0.00593. The highest BCUT2D eigenvalue weighted by molar-refractivity contribution is 7.45. The topological polar surface area (TPSA) is 108 Å². The fraction of sp³-hybridized carbons (Fsp3) is 0.884. The van der Waals surface area contributed by atoms with Crippen LogP contribution in [0.1, 0.15) is 194 Å². The number of aliphatic hydroxyl groups excluding tert-OH is 1. The lowest BCUT2D eigenvalue weighted by Gasteiger charge is -2.30. The number of carbonyl (C=O) groups excluding carboxylic acids is 1. The Morgan fingerprint density at radius 3 is 1.50 bits per heavy atom. The molecule has 0 rings (SSSR count). The van der Waals surface area contributed by atoms with Crippen molar-refractivity contribution in [1.82, 2.24) is 5.32 Å². The summed E-state index contributed by atoms with van der Waals surface area (Å²) in [7, 11) is 1.28. The van der Waals surface area contributed by atoms with E-state index >= 15 is 0 Å². The number of hydrogen-bond acceptors (Lipinski definition) is 6. The number of phosphoric ester groups is 1. The quantitative estimate of drug-likeness (QED) is 0.0280. The summed E-state index contributed by atoms with van der Waals surface area (Å²) in [5.41, 5.74) is 0. The van der Waals surface area contributed by atoms with Gasteiger partial charge in [0.1, 0.15) is 13.2 Å². The van der Waals surface area contributed by atoms with Crippen molar-refractivity contribution in [3.63, 3.8) is 0 Å². The predicted molar refractivity (Wildman–Crippen MR) is 219 cm³/mol. The number of unbranched alkanes of at least 4 members (excludes halogenated alkanes) is 22. The molecule has 0 bridgehead atoms. The maximum absolute atomic E-state index is 12.8. The van der Waals surface area contributed by atoms with Crippen LogP contribution in [-0.4, -0.2) is 68.5 Å². The second-order valence-electron chi connectivity index (χ2n) is 16.0. The van der Waals surface area contributed by atoms with E-state index in [0.29, 0.717) is 23.9 Å². The first-order chi connectivity index (χ1) is 25.0. The summed E-state index contributed by atoms with van der Waals surface area (Å²) in [5.74, 6) is -0.184. The van der Waals surface area contributed by atoms with Gasteiger partial charge in [-0.1, -0.05) is 147 Å². The maximum atomic E-state index is 12.8. The third-order valence-corrected chi connectivity index (χ3v) is 10.6. The normalized spacial score (nSPS) is 14.7. The number of rotatable bonds is 39. The first-order valence-corrected chi connectivity index (χ1v) is 23.1. The van der Waals surface area contributed by atoms with Gasteiger partial charge in [-0.3, -0.25) is 9.36 Å². The Labute approximate surface area is 322 Å². The highest BCUT2D eigenvalue weighted by Gasteiger charge is 2.24. The van der Waals surface area contributed by atoms with E-state index in [1.807, 2.05) is 21.1 Å². The predicted octanol–water partition coefficient (Wildman–Crippen LogP) is 11.1. The van der Waals surface area contributed by atoms with Crippen LogP contribution in [0.4, 0.5) is 0 Å².